The van der Waals surface area contributed by atoms with E-state index in [0.29, 0.717) is 59.9 Å². The Bertz CT molecular complexity index is 3050. The smallest absolute Gasteiger partial charge is 0.340 e. The Balaban J connectivity index is 1.08. The Hall–Kier alpha value is -6.03. The molecule has 3 fully saturated rings. The lowest BCUT2D eigenvalue weighted by Crippen LogP contribution is -2.64. The van der Waals surface area contributed by atoms with E-state index in [-0.39, 0.29) is 84.9 Å². The Morgan fingerprint density at radius 2 is 1.65 bits per heavy atom. The molecule has 0 radical (unpaired) electrons. The molecule has 4 aliphatic heterocycles. The van der Waals surface area contributed by atoms with Crippen molar-refractivity contribution in [2.24, 2.45) is 23.7 Å². The molecule has 0 amide bonds. The minimum atomic E-state index is -1.30. The Morgan fingerprint density at radius 3 is 2.45 bits per heavy atom. The van der Waals surface area contributed by atoms with Crippen molar-refractivity contribution in [3.05, 3.63) is 157 Å². The molecule has 1 aromatic heterocycles. The van der Waals surface area contributed by atoms with Crippen LogP contribution in [-0.2, 0) is 43.2 Å². The highest BCUT2D eigenvalue weighted by Crippen LogP contribution is 2.59. The van der Waals surface area contributed by atoms with Crippen molar-refractivity contribution in [1.82, 2.24) is 0 Å². The van der Waals surface area contributed by atoms with Crippen LogP contribution in [0, 0.1) is 35.5 Å². The molecular weight excluding hydrogens is 945 g/mol. The number of aliphatic hydroxyl groups is 3. The highest BCUT2D eigenvalue weighted by Gasteiger charge is 2.63. The first-order valence-corrected chi connectivity index (χ1v) is 27.6. The van der Waals surface area contributed by atoms with Gasteiger partial charge in [-0.05, 0) is 158 Å². The van der Waals surface area contributed by atoms with Gasteiger partial charge >= 0.3 is 17.6 Å². The van der Waals surface area contributed by atoms with Crippen molar-refractivity contribution in [2.45, 2.75) is 145 Å². The van der Waals surface area contributed by atoms with Crippen LogP contribution in [0.5, 0.6) is 5.75 Å². The average Bonchev–Trinajstić information content (AvgIpc) is 3.42. The number of ether oxygens (including phenoxy) is 4. The van der Waals surface area contributed by atoms with Crippen LogP contribution in [-0.4, -0.2) is 65.9 Å². The lowest BCUT2D eigenvalue weighted by molar-refractivity contribution is -0.218. The van der Waals surface area contributed by atoms with Crippen molar-refractivity contribution in [2.75, 3.05) is 26.9 Å². The molecule has 0 saturated heterocycles. The second kappa shape index (κ2) is 22.3. The van der Waals surface area contributed by atoms with Gasteiger partial charge in [-0.25, -0.2) is 9.59 Å². The summed E-state index contributed by atoms with van der Waals surface area (Å²) < 4.78 is 33.5. The predicted octanol–water partition coefficient (Wildman–Crippen LogP) is 10.6. The average molecular weight is 1020 g/mol. The number of fused-ring (bicyclic) bond motifs is 8. The lowest BCUT2D eigenvalue weighted by atomic mass is 9.56. The summed E-state index contributed by atoms with van der Waals surface area (Å²) >= 11 is 0. The summed E-state index contributed by atoms with van der Waals surface area (Å²) in [6.45, 7) is -1.000. The molecule has 75 heavy (non-hydrogen) atoms. The zero-order valence-electron chi connectivity index (χ0n) is 43.1. The summed E-state index contributed by atoms with van der Waals surface area (Å²) in [5, 5.41) is 32.7. The van der Waals surface area contributed by atoms with Gasteiger partial charge in [0.15, 0.2) is 17.8 Å². The van der Waals surface area contributed by atoms with Crippen molar-refractivity contribution in [3.8, 4) is 17.6 Å². The van der Waals surface area contributed by atoms with Gasteiger partial charge in [0.2, 0.25) is 0 Å². The van der Waals surface area contributed by atoms with Gasteiger partial charge in [0.25, 0.3) is 0 Å². The largest absolute Gasteiger partial charge is 0.482 e. The van der Waals surface area contributed by atoms with Gasteiger partial charge in [0.05, 0.1) is 25.4 Å². The van der Waals surface area contributed by atoms with Crippen LogP contribution in [0.1, 0.15) is 158 Å². The fourth-order valence-electron chi connectivity index (χ4n) is 14.6. The number of methoxy groups -OCH3 is 1. The van der Waals surface area contributed by atoms with Crippen molar-refractivity contribution in [1.29, 1.82) is 0 Å². The van der Waals surface area contributed by atoms with E-state index in [4.69, 9.17) is 23.4 Å². The lowest BCUT2D eigenvalue weighted by Gasteiger charge is -2.56. The molecule has 3 saturated carbocycles. The zero-order chi connectivity index (χ0) is 51.6. The Labute approximate surface area is 439 Å². The van der Waals surface area contributed by atoms with Crippen molar-refractivity contribution < 1.29 is 48.3 Å². The van der Waals surface area contributed by atoms with Crippen LogP contribution in [0.2, 0.25) is 0 Å². The van der Waals surface area contributed by atoms with Gasteiger partial charge in [-0.1, -0.05) is 91.2 Å². The molecule has 1 spiro atoms. The first-order valence-electron chi connectivity index (χ1n) is 27.6. The number of hydrogen-bond donors (Lipinski definition) is 3. The molecule has 12 rings (SSSR count). The van der Waals surface area contributed by atoms with E-state index in [2.05, 4.69) is 84.6 Å². The first-order chi connectivity index (χ1) is 36.7. The van der Waals surface area contributed by atoms with E-state index >= 15 is 9.59 Å². The fraction of sp³-hybridized carbons (Fsp3) is 0.484. The minimum Gasteiger partial charge on any atom is -0.482 e. The van der Waals surface area contributed by atoms with Gasteiger partial charge in [-0.15, -0.1) is 5.92 Å². The summed E-state index contributed by atoms with van der Waals surface area (Å²) in [5.41, 5.74) is 5.84. The molecule has 3 N–H and O–H groups in total. The van der Waals surface area contributed by atoms with Crippen LogP contribution in [0.3, 0.4) is 0 Å². The summed E-state index contributed by atoms with van der Waals surface area (Å²) in [4.78, 5) is 45.5. The van der Waals surface area contributed by atoms with E-state index in [0.717, 1.165) is 68.9 Å². The second-order valence-electron chi connectivity index (χ2n) is 22.2. The molecule has 10 atom stereocenters. The molecule has 8 bridgehead atoms. The molecule has 7 aliphatic rings. The Kier molecular flexibility index (Phi) is 15.2. The molecule has 392 valence electrons. The fourth-order valence-corrected chi connectivity index (χ4v) is 14.6. The van der Waals surface area contributed by atoms with Gasteiger partial charge in [0, 0.05) is 60.8 Å². The second-order valence-corrected chi connectivity index (χ2v) is 22.2. The van der Waals surface area contributed by atoms with Crippen LogP contribution in [0.4, 0.5) is 0 Å². The third-order valence-corrected chi connectivity index (χ3v) is 18.1. The first kappa shape index (κ1) is 51.1. The molecule has 10 unspecified atom stereocenters. The third kappa shape index (κ3) is 10.0. The maximum absolute atomic E-state index is 15.5. The normalized spacial score (nSPS) is 28.0. The monoisotopic (exact) mass is 1010 g/mol. The van der Waals surface area contributed by atoms with E-state index < -0.39 is 47.9 Å². The van der Waals surface area contributed by atoms with Crippen molar-refractivity contribution in [3.63, 3.8) is 0 Å². The predicted molar refractivity (Wildman–Crippen MR) is 284 cm³/mol. The molecule has 4 aromatic carbocycles. The van der Waals surface area contributed by atoms with Crippen LogP contribution in [0.25, 0.3) is 11.0 Å². The number of aliphatic hydroxyl groups excluding tert-OH is 3. The van der Waals surface area contributed by atoms with E-state index in [1.165, 1.54) is 23.8 Å². The van der Waals surface area contributed by atoms with Crippen molar-refractivity contribution >= 4 is 22.9 Å². The minimum absolute atomic E-state index is 0.0601. The maximum Gasteiger partial charge on any atom is 0.340 e. The third-order valence-electron chi connectivity index (χ3n) is 18.1. The number of rotatable bonds is 10. The topological polar surface area (TPSA) is 162 Å². The molecular formula is C64H70O11. The van der Waals surface area contributed by atoms with E-state index in [1.54, 1.807) is 6.07 Å². The number of carbonyl (C=O) groups is 2. The molecule has 5 aromatic rings. The van der Waals surface area contributed by atoms with Crippen LogP contribution >= 0.6 is 0 Å². The van der Waals surface area contributed by atoms with Gasteiger partial charge < -0.3 is 38.7 Å². The van der Waals surface area contributed by atoms with Gasteiger partial charge in [0.1, 0.15) is 11.3 Å². The summed E-state index contributed by atoms with van der Waals surface area (Å²) in [5.74, 6) is 6.04. The van der Waals surface area contributed by atoms with E-state index in [9.17, 15) is 20.1 Å². The van der Waals surface area contributed by atoms with Crippen LogP contribution < -0.4 is 10.4 Å². The SMILES string of the molecule is COCC(CCO)c1c(CO)c2ccc3c(c2oc1=O)C1OC(=O)CC2CC(c4cccc(Cc5ccccc5)c4)CCC2c2ccc(cc2)CCC2=C(CO)CCC#CC4CCCC5C4CCCC5(O3)C1OC2=O. The molecule has 3 aliphatic carbocycles. The number of esters is 2. The maximum atomic E-state index is 15.5. The highest BCUT2D eigenvalue weighted by molar-refractivity contribution is 5.91. The number of aryl methyl sites for hydroxylation is 1. The highest BCUT2D eigenvalue weighted by atomic mass is 16.6. The molecule has 11 nitrogen and oxygen atoms in total. The molecule has 5 heterocycles. The van der Waals surface area contributed by atoms with Crippen LogP contribution in [0.15, 0.2) is 111 Å². The number of carbonyl (C=O) groups excluding carboxylic acids is 2. The standard InChI is InChI=1S/C64H70O11/c1-71-38-47(29-31-65)57-53(37-67)52-27-28-55-58(59(52)73-63(57)70)60-61-64(75-55)30-9-17-50-42(15-8-18-54(50)64)13-5-6-14-46(36-66)51(62(69)74-61)25-21-39-19-22-43(23-20-39)49-26-24-45(34-48(49)35-56(68)72-60)44-16-7-12-41(33-44)32-40-10-3-2-4-11-40/h2-4,7,10-12,16,19-20,22-23,27-28,33,42,45,47-50,54,60-61,65-67H,6,8-9,14-15,17-18,21,24-26,29-32,34-38H2,1H3. The van der Waals surface area contributed by atoms with E-state index in [1.807, 2.05) is 12.1 Å². The number of hydrogen-bond acceptors (Lipinski definition) is 11. The molecule has 11 heteroatoms. The Morgan fingerprint density at radius 1 is 0.813 bits per heavy atom. The number of benzene rings is 4. The van der Waals surface area contributed by atoms with Gasteiger partial charge in [-0.3, -0.25) is 4.79 Å². The quantitative estimate of drug-likeness (QED) is 0.0694. The summed E-state index contributed by atoms with van der Waals surface area (Å²) in [6.07, 6.45) is 7.68. The zero-order valence-corrected chi connectivity index (χ0v) is 43.1. The van der Waals surface area contributed by atoms with Gasteiger partial charge in [-0.2, -0.15) is 0 Å². The summed E-state index contributed by atoms with van der Waals surface area (Å²) in [7, 11) is 1.52. The summed E-state index contributed by atoms with van der Waals surface area (Å²) in [6, 6.07) is 31.6.